The Morgan fingerprint density at radius 3 is 2.57 bits per heavy atom. The summed E-state index contributed by atoms with van der Waals surface area (Å²) >= 11 is 0. The summed E-state index contributed by atoms with van der Waals surface area (Å²) in [5.41, 5.74) is -0.130. The summed E-state index contributed by atoms with van der Waals surface area (Å²) in [5.74, 6) is -0.208. The Morgan fingerprint density at radius 1 is 1.29 bits per heavy atom. The first kappa shape index (κ1) is 9.58. The van der Waals surface area contributed by atoms with Crippen LogP contribution in [0, 0.1) is 11.6 Å². The van der Waals surface area contributed by atoms with Gasteiger partial charge in [-0.3, -0.25) is 0 Å². The zero-order valence-electron chi connectivity index (χ0n) is 7.37. The highest BCUT2D eigenvalue weighted by Crippen LogP contribution is 2.24. The van der Waals surface area contributed by atoms with Gasteiger partial charge < -0.3 is 0 Å². The predicted molar refractivity (Wildman–Crippen MR) is 50.9 cm³/mol. The molecule has 0 atom stereocenters. The first-order valence-electron chi connectivity index (χ1n) is 4.27. The van der Waals surface area contributed by atoms with Crippen LogP contribution < -0.4 is 0 Å². The second kappa shape index (κ2) is 3.31. The van der Waals surface area contributed by atoms with Crippen molar-refractivity contribution in [1.29, 1.82) is 0 Å². The highest BCUT2D eigenvalue weighted by atomic mass is 32.2. The smallest absolute Gasteiger partial charge is 0.149 e. The van der Waals surface area contributed by atoms with E-state index in [2.05, 4.69) is 4.36 Å². The van der Waals surface area contributed by atoms with E-state index in [1.54, 1.807) is 0 Å². The van der Waals surface area contributed by atoms with Crippen molar-refractivity contribution in [2.45, 2.75) is 6.42 Å². The van der Waals surface area contributed by atoms with Crippen LogP contribution in [0.25, 0.3) is 0 Å². The number of halogens is 2. The highest BCUT2D eigenvalue weighted by molar-refractivity contribution is 7.95. The number of hydrogen-bond acceptors (Lipinski definition) is 2. The molecule has 14 heavy (non-hydrogen) atoms. The van der Waals surface area contributed by atoms with Gasteiger partial charge in [-0.1, -0.05) is 0 Å². The van der Waals surface area contributed by atoms with Crippen molar-refractivity contribution in [3.05, 3.63) is 29.8 Å². The lowest BCUT2D eigenvalue weighted by molar-refractivity contribution is 0.601. The molecule has 2 nitrogen and oxygen atoms in total. The largest absolute Gasteiger partial charge is 0.249 e. The Balaban J connectivity index is 2.47. The average Bonchev–Trinajstić information content (AvgIpc) is 2.09. The fraction of sp³-hybridized carbons (Fsp3) is 0.333. The zero-order valence-corrected chi connectivity index (χ0v) is 8.19. The van der Waals surface area contributed by atoms with Crippen LogP contribution in [0.5, 0.6) is 0 Å². The molecule has 0 radical (unpaired) electrons. The maximum Gasteiger partial charge on any atom is 0.149 e. The topological polar surface area (TPSA) is 29.4 Å². The minimum Gasteiger partial charge on any atom is -0.249 e. The van der Waals surface area contributed by atoms with Gasteiger partial charge >= 0.3 is 0 Å². The van der Waals surface area contributed by atoms with Gasteiger partial charge in [-0.05, 0) is 18.6 Å². The molecule has 0 amide bonds. The van der Waals surface area contributed by atoms with Gasteiger partial charge in [0, 0.05) is 17.6 Å². The molecule has 1 aliphatic rings. The Bertz CT molecular complexity index is 468. The van der Waals surface area contributed by atoms with Gasteiger partial charge in [0.05, 0.1) is 9.73 Å². The molecular formula is C9H9F2NOS. The number of hydrogen-bond donors (Lipinski definition) is 0. The van der Waals surface area contributed by atoms with Crippen LogP contribution in [0.1, 0.15) is 6.42 Å². The van der Waals surface area contributed by atoms with Crippen LogP contribution in [0.3, 0.4) is 0 Å². The first-order chi connectivity index (χ1) is 6.59. The molecule has 0 bridgehead atoms. The number of benzene rings is 1. The molecule has 0 unspecified atom stereocenters. The Hall–Kier alpha value is -0.970. The monoisotopic (exact) mass is 217 g/mol. The third kappa shape index (κ3) is 1.77. The van der Waals surface area contributed by atoms with Crippen LogP contribution in [-0.4, -0.2) is 15.7 Å². The van der Waals surface area contributed by atoms with Crippen molar-refractivity contribution in [2.75, 3.05) is 11.5 Å². The van der Waals surface area contributed by atoms with Crippen molar-refractivity contribution < 1.29 is 13.0 Å². The molecular weight excluding hydrogens is 208 g/mol. The van der Waals surface area contributed by atoms with Gasteiger partial charge in [-0.15, -0.1) is 0 Å². The SMILES string of the molecule is O=S1(=Nc2cc(F)ccc2F)CCC1. The van der Waals surface area contributed by atoms with Crippen LogP contribution >= 0.6 is 0 Å². The quantitative estimate of drug-likeness (QED) is 0.710. The number of rotatable bonds is 1. The van der Waals surface area contributed by atoms with E-state index in [4.69, 9.17) is 0 Å². The highest BCUT2D eigenvalue weighted by Gasteiger charge is 2.20. The summed E-state index contributed by atoms with van der Waals surface area (Å²) in [6.45, 7) is 0. The van der Waals surface area contributed by atoms with Gasteiger partial charge in [0.2, 0.25) is 0 Å². The van der Waals surface area contributed by atoms with E-state index < -0.39 is 21.4 Å². The number of nitrogens with zero attached hydrogens (tertiary/aromatic N) is 1. The minimum atomic E-state index is -2.26. The van der Waals surface area contributed by atoms with E-state index in [0.29, 0.717) is 11.5 Å². The maximum absolute atomic E-state index is 13.1. The summed E-state index contributed by atoms with van der Waals surface area (Å²) in [7, 11) is -2.26. The van der Waals surface area contributed by atoms with Crippen LogP contribution in [0.2, 0.25) is 0 Å². The maximum atomic E-state index is 13.1. The fourth-order valence-electron chi connectivity index (χ4n) is 1.22. The average molecular weight is 217 g/mol. The van der Waals surface area contributed by atoms with Gasteiger partial charge in [-0.25, -0.2) is 13.0 Å². The van der Waals surface area contributed by atoms with Crippen LogP contribution in [-0.2, 0) is 9.73 Å². The van der Waals surface area contributed by atoms with Gasteiger partial charge in [0.1, 0.15) is 17.3 Å². The van der Waals surface area contributed by atoms with Gasteiger partial charge in [0.25, 0.3) is 0 Å². The van der Waals surface area contributed by atoms with E-state index >= 15 is 0 Å². The fourth-order valence-corrected chi connectivity index (χ4v) is 2.68. The predicted octanol–water partition coefficient (Wildman–Crippen LogP) is 2.47. The van der Waals surface area contributed by atoms with Crippen molar-refractivity contribution in [2.24, 2.45) is 4.36 Å². The molecule has 1 saturated heterocycles. The van der Waals surface area contributed by atoms with Crippen LogP contribution in [0.4, 0.5) is 14.5 Å². The Kier molecular flexibility index (Phi) is 2.26. The van der Waals surface area contributed by atoms with E-state index in [1.807, 2.05) is 0 Å². The molecule has 1 heterocycles. The molecule has 76 valence electrons. The molecule has 0 saturated carbocycles. The summed E-state index contributed by atoms with van der Waals surface area (Å²) in [4.78, 5) is 0. The molecule has 0 aliphatic carbocycles. The summed E-state index contributed by atoms with van der Waals surface area (Å²) in [5, 5.41) is 0. The van der Waals surface area contributed by atoms with Gasteiger partial charge in [0.15, 0.2) is 0 Å². The molecule has 1 fully saturated rings. The minimum absolute atomic E-state index is 0.130. The van der Waals surface area contributed by atoms with E-state index in [1.165, 1.54) is 0 Å². The van der Waals surface area contributed by atoms with Crippen molar-refractivity contribution in [3.8, 4) is 0 Å². The molecule has 2 rings (SSSR count). The second-order valence-corrected chi connectivity index (χ2v) is 5.77. The van der Waals surface area contributed by atoms with Crippen LogP contribution in [0.15, 0.2) is 22.6 Å². The van der Waals surface area contributed by atoms with Crippen molar-refractivity contribution in [1.82, 2.24) is 0 Å². The normalized spacial score (nSPS) is 18.7. The van der Waals surface area contributed by atoms with Gasteiger partial charge in [-0.2, -0.15) is 4.36 Å². The Morgan fingerprint density at radius 2 is 2.00 bits per heavy atom. The van der Waals surface area contributed by atoms with Crippen molar-refractivity contribution >= 4 is 15.4 Å². The third-order valence-corrected chi connectivity index (χ3v) is 4.48. The molecule has 1 aliphatic heterocycles. The molecule has 1 aromatic carbocycles. The zero-order chi connectivity index (χ0) is 10.2. The Labute approximate surface area is 81.1 Å². The first-order valence-corrected chi connectivity index (χ1v) is 6.12. The van der Waals surface area contributed by atoms with E-state index in [0.717, 1.165) is 24.6 Å². The lowest BCUT2D eigenvalue weighted by Crippen LogP contribution is -2.23. The summed E-state index contributed by atoms with van der Waals surface area (Å²) in [6.07, 6.45) is 0.846. The lowest BCUT2D eigenvalue weighted by Gasteiger charge is -2.17. The lowest BCUT2D eigenvalue weighted by atomic mass is 10.3. The standard InChI is InChI=1S/C9H9F2NOS/c10-7-2-3-8(11)9(6-7)12-14(13)4-1-5-14/h2-3,6H,1,4-5H2. The van der Waals surface area contributed by atoms with E-state index in [9.17, 15) is 13.0 Å². The second-order valence-electron chi connectivity index (χ2n) is 3.22. The molecule has 0 aromatic heterocycles. The summed E-state index contributed by atoms with van der Waals surface area (Å²) < 4.78 is 41.2. The molecule has 5 heteroatoms. The third-order valence-electron chi connectivity index (χ3n) is 2.10. The molecule has 1 aromatic rings. The van der Waals surface area contributed by atoms with E-state index in [-0.39, 0.29) is 5.69 Å². The molecule has 0 spiro atoms. The summed E-state index contributed by atoms with van der Waals surface area (Å²) in [6, 6.07) is 2.98. The molecule has 0 N–H and O–H groups in total. The van der Waals surface area contributed by atoms with Crippen molar-refractivity contribution in [3.63, 3.8) is 0 Å².